The van der Waals surface area contributed by atoms with Crippen molar-refractivity contribution in [3.8, 4) is 0 Å². The van der Waals surface area contributed by atoms with Gasteiger partial charge in [-0.2, -0.15) is 0 Å². The Morgan fingerprint density at radius 3 is 2.45 bits per heavy atom. The van der Waals surface area contributed by atoms with Crippen LogP contribution in [0.2, 0.25) is 0 Å². The number of rotatable bonds is 2. The topological polar surface area (TPSA) is 50.8 Å². The fraction of sp³-hybridized carbons (Fsp3) is 0.533. The summed E-state index contributed by atoms with van der Waals surface area (Å²) >= 11 is 0. The van der Waals surface area contributed by atoms with E-state index in [0.717, 1.165) is 39.1 Å². The van der Waals surface area contributed by atoms with Gasteiger partial charge in [-0.05, 0) is 24.3 Å². The highest BCUT2D eigenvalue weighted by Gasteiger charge is 2.30. The number of morpholine rings is 1. The van der Waals surface area contributed by atoms with Crippen LogP contribution in [-0.2, 0) is 4.74 Å². The van der Waals surface area contributed by atoms with E-state index in [1.807, 2.05) is 0 Å². The third kappa shape index (κ3) is 3.63. The van der Waals surface area contributed by atoms with Gasteiger partial charge >= 0.3 is 0 Å². The number of ether oxygens (including phenoxy) is 1. The molecule has 4 nitrogen and oxygen atoms in total. The molecule has 0 atom stereocenters. The molecule has 110 valence electrons. The van der Waals surface area contributed by atoms with E-state index in [1.54, 1.807) is 0 Å². The molecule has 1 aromatic rings. The molecule has 0 bridgehead atoms. The number of aliphatic imine (C=N–C) groups is 1. The van der Waals surface area contributed by atoms with Crippen molar-refractivity contribution in [3.63, 3.8) is 0 Å². The first-order valence-corrected chi connectivity index (χ1v) is 7.04. The van der Waals surface area contributed by atoms with Crippen LogP contribution in [0.1, 0.15) is 24.3 Å². The Morgan fingerprint density at radius 2 is 1.80 bits per heavy atom. The van der Waals surface area contributed by atoms with E-state index in [2.05, 4.69) is 40.2 Å². The Kier molecular flexibility index (Phi) is 5.65. The Hall–Kier alpha value is -0.820. The Bertz CT molecular complexity index is 440. The number of nitrogens with two attached hydrogens (primary N) is 1. The SMILES string of the molecule is I.NC(=NC1CC(c2ccccc2)C1)N1CCOCC1. The number of nitrogens with zero attached hydrogens (tertiary/aromatic N) is 2. The lowest BCUT2D eigenvalue weighted by Crippen LogP contribution is -2.46. The van der Waals surface area contributed by atoms with Gasteiger partial charge < -0.3 is 15.4 Å². The lowest BCUT2D eigenvalue weighted by molar-refractivity contribution is 0.0671. The maximum atomic E-state index is 6.06. The maximum Gasteiger partial charge on any atom is 0.191 e. The first kappa shape index (κ1) is 15.6. The molecule has 1 aliphatic heterocycles. The minimum absolute atomic E-state index is 0. The molecular weight excluding hydrogens is 365 g/mol. The lowest BCUT2D eigenvalue weighted by atomic mass is 9.76. The molecule has 2 N–H and O–H groups in total. The van der Waals surface area contributed by atoms with E-state index >= 15 is 0 Å². The van der Waals surface area contributed by atoms with Crippen molar-refractivity contribution < 1.29 is 4.74 Å². The van der Waals surface area contributed by atoms with E-state index in [-0.39, 0.29) is 24.0 Å². The van der Waals surface area contributed by atoms with Gasteiger partial charge in [0.15, 0.2) is 5.96 Å². The van der Waals surface area contributed by atoms with Crippen LogP contribution in [0.3, 0.4) is 0 Å². The second-order valence-corrected chi connectivity index (χ2v) is 5.32. The molecule has 0 aromatic heterocycles. The molecule has 3 rings (SSSR count). The van der Waals surface area contributed by atoms with Gasteiger partial charge in [0, 0.05) is 13.1 Å². The molecule has 2 fully saturated rings. The van der Waals surface area contributed by atoms with Crippen LogP contribution in [0.5, 0.6) is 0 Å². The van der Waals surface area contributed by atoms with E-state index in [9.17, 15) is 0 Å². The summed E-state index contributed by atoms with van der Waals surface area (Å²) in [5.74, 6) is 1.35. The summed E-state index contributed by atoms with van der Waals surface area (Å²) in [6.07, 6.45) is 2.24. The van der Waals surface area contributed by atoms with Crippen molar-refractivity contribution in [2.45, 2.75) is 24.8 Å². The maximum absolute atomic E-state index is 6.06. The van der Waals surface area contributed by atoms with Gasteiger partial charge in [-0.1, -0.05) is 30.3 Å². The van der Waals surface area contributed by atoms with Crippen LogP contribution in [0.25, 0.3) is 0 Å². The molecule has 2 aliphatic rings. The minimum atomic E-state index is 0. The summed E-state index contributed by atoms with van der Waals surface area (Å²) < 4.78 is 5.32. The van der Waals surface area contributed by atoms with Crippen molar-refractivity contribution in [2.24, 2.45) is 10.7 Å². The zero-order chi connectivity index (χ0) is 13.1. The predicted octanol–water partition coefficient (Wildman–Crippen LogP) is 2.20. The zero-order valence-electron chi connectivity index (χ0n) is 11.6. The molecule has 1 saturated heterocycles. The van der Waals surface area contributed by atoms with Crippen LogP contribution in [0.4, 0.5) is 0 Å². The largest absolute Gasteiger partial charge is 0.378 e. The first-order valence-electron chi connectivity index (χ1n) is 7.04. The van der Waals surface area contributed by atoms with E-state index < -0.39 is 0 Å². The van der Waals surface area contributed by atoms with Crippen molar-refractivity contribution in [1.29, 1.82) is 0 Å². The molecule has 1 heterocycles. The Morgan fingerprint density at radius 1 is 1.15 bits per heavy atom. The van der Waals surface area contributed by atoms with Crippen LogP contribution >= 0.6 is 24.0 Å². The quantitative estimate of drug-likeness (QED) is 0.481. The summed E-state index contributed by atoms with van der Waals surface area (Å²) in [4.78, 5) is 6.77. The fourth-order valence-corrected chi connectivity index (χ4v) is 2.75. The Balaban J connectivity index is 0.00000147. The van der Waals surface area contributed by atoms with Crippen molar-refractivity contribution in [2.75, 3.05) is 26.3 Å². The highest BCUT2D eigenvalue weighted by atomic mass is 127. The molecule has 20 heavy (non-hydrogen) atoms. The van der Waals surface area contributed by atoms with Crippen molar-refractivity contribution in [3.05, 3.63) is 35.9 Å². The number of benzene rings is 1. The molecule has 0 amide bonds. The van der Waals surface area contributed by atoms with E-state index in [0.29, 0.717) is 17.9 Å². The average Bonchev–Trinajstić information content (AvgIpc) is 2.44. The fourth-order valence-electron chi connectivity index (χ4n) is 2.75. The highest BCUT2D eigenvalue weighted by Crippen LogP contribution is 2.38. The third-order valence-corrected chi connectivity index (χ3v) is 4.03. The summed E-state index contributed by atoms with van der Waals surface area (Å²) in [5.41, 5.74) is 7.49. The summed E-state index contributed by atoms with van der Waals surface area (Å²) in [6.45, 7) is 3.25. The predicted molar refractivity (Wildman–Crippen MR) is 91.6 cm³/mol. The summed E-state index contributed by atoms with van der Waals surface area (Å²) in [5, 5.41) is 0. The second kappa shape index (κ2) is 7.26. The molecule has 5 heteroatoms. The van der Waals surface area contributed by atoms with Gasteiger partial charge in [0.1, 0.15) is 0 Å². The van der Waals surface area contributed by atoms with E-state index in [4.69, 9.17) is 10.5 Å². The normalized spacial score (nSPS) is 26.6. The number of halogens is 1. The van der Waals surface area contributed by atoms with Gasteiger partial charge in [0.25, 0.3) is 0 Å². The molecule has 0 unspecified atom stereocenters. The first-order chi connectivity index (χ1) is 9.33. The lowest BCUT2D eigenvalue weighted by Gasteiger charge is -2.35. The highest BCUT2D eigenvalue weighted by molar-refractivity contribution is 14.0. The zero-order valence-corrected chi connectivity index (χ0v) is 13.9. The summed E-state index contributed by atoms with van der Waals surface area (Å²) in [6, 6.07) is 11.1. The van der Waals surface area contributed by atoms with Crippen LogP contribution < -0.4 is 5.73 Å². The van der Waals surface area contributed by atoms with Gasteiger partial charge in [0.2, 0.25) is 0 Å². The molecule has 1 aliphatic carbocycles. The number of hydrogen-bond acceptors (Lipinski definition) is 2. The van der Waals surface area contributed by atoms with Crippen LogP contribution in [0.15, 0.2) is 35.3 Å². The minimum Gasteiger partial charge on any atom is -0.378 e. The second-order valence-electron chi connectivity index (χ2n) is 5.32. The van der Waals surface area contributed by atoms with Gasteiger partial charge in [0.05, 0.1) is 19.3 Å². The number of hydrogen-bond donors (Lipinski definition) is 1. The third-order valence-electron chi connectivity index (χ3n) is 4.03. The van der Waals surface area contributed by atoms with Crippen molar-refractivity contribution in [1.82, 2.24) is 4.90 Å². The molecule has 0 radical (unpaired) electrons. The Labute approximate surface area is 137 Å². The smallest absolute Gasteiger partial charge is 0.191 e. The van der Waals surface area contributed by atoms with Crippen LogP contribution in [0, 0.1) is 0 Å². The monoisotopic (exact) mass is 387 g/mol. The van der Waals surface area contributed by atoms with Crippen LogP contribution in [-0.4, -0.2) is 43.2 Å². The number of guanidine groups is 1. The molecule has 1 saturated carbocycles. The standard InChI is InChI=1S/C15H21N3O.HI/c16-15(18-6-8-19-9-7-18)17-14-10-13(11-14)12-4-2-1-3-5-12;/h1-5,13-14H,6-11H2,(H2,16,17);1H. The van der Waals surface area contributed by atoms with Crippen molar-refractivity contribution >= 4 is 29.9 Å². The van der Waals surface area contributed by atoms with E-state index in [1.165, 1.54) is 5.56 Å². The molecule has 0 spiro atoms. The molecule has 1 aromatic carbocycles. The van der Waals surface area contributed by atoms with Gasteiger partial charge in [-0.3, -0.25) is 0 Å². The molecular formula is C15H22IN3O. The van der Waals surface area contributed by atoms with Gasteiger partial charge in [-0.25, -0.2) is 4.99 Å². The summed E-state index contributed by atoms with van der Waals surface area (Å²) in [7, 11) is 0. The van der Waals surface area contributed by atoms with Gasteiger partial charge in [-0.15, -0.1) is 24.0 Å². The average molecular weight is 387 g/mol.